The summed E-state index contributed by atoms with van der Waals surface area (Å²) in [5.41, 5.74) is 3.22. The zero-order valence-corrected chi connectivity index (χ0v) is 9.70. The molecule has 0 radical (unpaired) electrons. The van der Waals surface area contributed by atoms with E-state index in [1.807, 2.05) is 13.2 Å². The highest BCUT2D eigenvalue weighted by atomic mass is 15.1. The van der Waals surface area contributed by atoms with Crippen LogP contribution >= 0.6 is 0 Å². The van der Waals surface area contributed by atoms with Crippen molar-refractivity contribution >= 4 is 11.2 Å². The second-order valence-corrected chi connectivity index (χ2v) is 4.52. The van der Waals surface area contributed by atoms with Gasteiger partial charge in [0.15, 0.2) is 5.65 Å². The van der Waals surface area contributed by atoms with Crippen LogP contribution in [0.1, 0.15) is 30.1 Å². The normalized spacial score (nSPS) is 15.9. The van der Waals surface area contributed by atoms with E-state index in [1.165, 1.54) is 24.2 Å². The molecule has 4 nitrogen and oxygen atoms in total. The molecule has 0 bridgehead atoms. The van der Waals surface area contributed by atoms with Crippen molar-refractivity contribution in [2.24, 2.45) is 7.05 Å². The van der Waals surface area contributed by atoms with Gasteiger partial charge in [-0.25, -0.2) is 9.97 Å². The van der Waals surface area contributed by atoms with E-state index in [0.29, 0.717) is 5.92 Å². The van der Waals surface area contributed by atoms with Gasteiger partial charge in [0.1, 0.15) is 11.3 Å². The molecule has 16 heavy (non-hydrogen) atoms. The number of aryl methyl sites for hydroxylation is 1. The Labute approximate surface area is 94.7 Å². The molecule has 1 aliphatic carbocycles. The average molecular weight is 216 g/mol. The van der Waals surface area contributed by atoms with E-state index >= 15 is 0 Å². The summed E-state index contributed by atoms with van der Waals surface area (Å²) in [7, 11) is 4.01. The molecule has 1 fully saturated rings. The van der Waals surface area contributed by atoms with Crippen LogP contribution in [0.2, 0.25) is 0 Å². The lowest BCUT2D eigenvalue weighted by atomic mass is 10.3. The Morgan fingerprint density at radius 1 is 1.50 bits per heavy atom. The molecule has 0 amide bonds. The highest BCUT2D eigenvalue weighted by Crippen LogP contribution is 2.39. The van der Waals surface area contributed by atoms with Gasteiger partial charge in [-0.3, -0.25) is 0 Å². The van der Waals surface area contributed by atoms with Crippen molar-refractivity contribution in [3.05, 3.63) is 23.7 Å². The standard InChI is InChI=1S/C12H16N4/c1-13-6-8-5-10-12(14-7-8)16(2)11(15-10)9-3-4-9/h5,7,9,13H,3-4,6H2,1-2H3. The molecule has 3 rings (SSSR count). The van der Waals surface area contributed by atoms with Crippen molar-refractivity contribution in [2.75, 3.05) is 7.05 Å². The van der Waals surface area contributed by atoms with Crippen LogP contribution in [-0.2, 0) is 13.6 Å². The van der Waals surface area contributed by atoms with E-state index in [9.17, 15) is 0 Å². The van der Waals surface area contributed by atoms with Gasteiger partial charge in [-0.15, -0.1) is 0 Å². The summed E-state index contributed by atoms with van der Waals surface area (Å²) in [5.74, 6) is 1.87. The molecule has 0 aliphatic heterocycles. The Hall–Kier alpha value is -1.42. The van der Waals surface area contributed by atoms with Gasteiger partial charge < -0.3 is 9.88 Å². The molecule has 0 aromatic carbocycles. The third-order valence-electron chi connectivity index (χ3n) is 3.12. The van der Waals surface area contributed by atoms with Crippen molar-refractivity contribution < 1.29 is 0 Å². The van der Waals surface area contributed by atoms with Gasteiger partial charge in [-0.05, 0) is 31.5 Å². The minimum Gasteiger partial charge on any atom is -0.316 e. The molecule has 1 N–H and O–H groups in total. The summed E-state index contributed by atoms with van der Waals surface area (Å²) in [4.78, 5) is 9.18. The summed E-state index contributed by atoms with van der Waals surface area (Å²) < 4.78 is 2.14. The monoisotopic (exact) mass is 216 g/mol. The third kappa shape index (κ3) is 1.50. The molecule has 4 heteroatoms. The second-order valence-electron chi connectivity index (χ2n) is 4.52. The fraction of sp³-hybridized carbons (Fsp3) is 0.500. The van der Waals surface area contributed by atoms with Crippen LogP contribution in [0.3, 0.4) is 0 Å². The third-order valence-corrected chi connectivity index (χ3v) is 3.12. The average Bonchev–Trinajstić information content (AvgIpc) is 3.06. The van der Waals surface area contributed by atoms with Crippen molar-refractivity contribution in [1.29, 1.82) is 0 Å². The number of hydrogen-bond donors (Lipinski definition) is 1. The predicted molar refractivity (Wildman–Crippen MR) is 63.2 cm³/mol. The van der Waals surface area contributed by atoms with Crippen LogP contribution in [0.25, 0.3) is 11.2 Å². The van der Waals surface area contributed by atoms with Crippen LogP contribution in [-0.4, -0.2) is 21.6 Å². The van der Waals surface area contributed by atoms with Crippen LogP contribution in [0.15, 0.2) is 12.3 Å². The highest BCUT2D eigenvalue weighted by Gasteiger charge is 2.28. The maximum Gasteiger partial charge on any atom is 0.159 e. The first-order valence-corrected chi connectivity index (χ1v) is 5.75. The van der Waals surface area contributed by atoms with Gasteiger partial charge in [0.2, 0.25) is 0 Å². The molecule has 0 spiro atoms. The molecule has 84 valence electrons. The minimum absolute atomic E-state index is 0.673. The van der Waals surface area contributed by atoms with E-state index in [2.05, 4.69) is 33.0 Å². The fourth-order valence-electron chi connectivity index (χ4n) is 2.14. The lowest BCUT2D eigenvalue weighted by Crippen LogP contribution is -2.05. The zero-order valence-electron chi connectivity index (χ0n) is 9.70. The number of pyridine rings is 1. The summed E-state index contributed by atoms with van der Waals surface area (Å²) >= 11 is 0. The van der Waals surface area contributed by atoms with Gasteiger partial charge in [-0.1, -0.05) is 0 Å². The summed E-state index contributed by atoms with van der Waals surface area (Å²) in [5, 5.41) is 3.13. The molecule has 2 aromatic rings. The topological polar surface area (TPSA) is 42.7 Å². The second kappa shape index (κ2) is 3.56. The Balaban J connectivity index is 2.09. The molecular weight excluding hydrogens is 200 g/mol. The van der Waals surface area contributed by atoms with Crippen LogP contribution in [0, 0.1) is 0 Å². The summed E-state index contributed by atoms with van der Waals surface area (Å²) in [6, 6.07) is 2.13. The Kier molecular flexibility index (Phi) is 2.17. The van der Waals surface area contributed by atoms with Crippen molar-refractivity contribution in [2.45, 2.75) is 25.3 Å². The van der Waals surface area contributed by atoms with Gasteiger partial charge >= 0.3 is 0 Å². The molecule has 2 heterocycles. The molecular formula is C12H16N4. The van der Waals surface area contributed by atoms with E-state index in [4.69, 9.17) is 0 Å². The molecule has 2 aromatic heterocycles. The van der Waals surface area contributed by atoms with Gasteiger partial charge in [0, 0.05) is 25.7 Å². The molecule has 1 saturated carbocycles. The quantitative estimate of drug-likeness (QED) is 0.846. The number of hydrogen-bond acceptors (Lipinski definition) is 3. The van der Waals surface area contributed by atoms with Crippen LogP contribution in [0.5, 0.6) is 0 Å². The molecule has 1 aliphatic rings. The van der Waals surface area contributed by atoms with Crippen molar-refractivity contribution in [3.63, 3.8) is 0 Å². The fourth-order valence-corrected chi connectivity index (χ4v) is 2.14. The van der Waals surface area contributed by atoms with Crippen molar-refractivity contribution in [3.8, 4) is 0 Å². The number of fused-ring (bicyclic) bond motifs is 1. The number of imidazole rings is 1. The Morgan fingerprint density at radius 3 is 3.00 bits per heavy atom. The first-order chi connectivity index (χ1) is 7.79. The van der Waals surface area contributed by atoms with Gasteiger partial charge in [0.25, 0.3) is 0 Å². The largest absolute Gasteiger partial charge is 0.316 e. The lowest BCUT2D eigenvalue weighted by molar-refractivity contribution is 0.807. The zero-order chi connectivity index (χ0) is 11.1. The summed E-state index contributed by atoms with van der Waals surface area (Å²) in [6.45, 7) is 0.846. The number of aromatic nitrogens is 3. The summed E-state index contributed by atoms with van der Waals surface area (Å²) in [6.07, 6.45) is 4.48. The molecule has 0 atom stereocenters. The van der Waals surface area contributed by atoms with Crippen LogP contribution in [0.4, 0.5) is 0 Å². The Morgan fingerprint density at radius 2 is 2.31 bits per heavy atom. The number of rotatable bonds is 3. The van der Waals surface area contributed by atoms with Gasteiger partial charge in [-0.2, -0.15) is 0 Å². The van der Waals surface area contributed by atoms with E-state index < -0.39 is 0 Å². The maximum atomic E-state index is 4.69. The number of nitrogens with one attached hydrogen (secondary N) is 1. The van der Waals surface area contributed by atoms with E-state index in [0.717, 1.165) is 17.7 Å². The lowest BCUT2D eigenvalue weighted by Gasteiger charge is -2.00. The highest BCUT2D eigenvalue weighted by molar-refractivity contribution is 5.72. The first-order valence-electron chi connectivity index (χ1n) is 5.75. The maximum absolute atomic E-state index is 4.69. The van der Waals surface area contributed by atoms with Crippen LogP contribution < -0.4 is 5.32 Å². The molecule has 0 saturated heterocycles. The van der Waals surface area contributed by atoms with Gasteiger partial charge in [0.05, 0.1) is 0 Å². The van der Waals surface area contributed by atoms with Crippen molar-refractivity contribution in [1.82, 2.24) is 19.9 Å². The Bertz CT molecular complexity index is 525. The predicted octanol–water partition coefficient (Wildman–Crippen LogP) is 1.57. The minimum atomic E-state index is 0.673. The number of nitrogens with zero attached hydrogens (tertiary/aromatic N) is 3. The SMILES string of the molecule is CNCc1cnc2c(c1)nc(C1CC1)n2C. The van der Waals surface area contributed by atoms with E-state index in [-0.39, 0.29) is 0 Å². The molecule has 0 unspecified atom stereocenters. The first kappa shape index (κ1) is 9.78. The van der Waals surface area contributed by atoms with E-state index in [1.54, 1.807) is 0 Å². The smallest absolute Gasteiger partial charge is 0.159 e.